The quantitative estimate of drug-likeness (QED) is 0.380. The number of anilines is 1. The summed E-state index contributed by atoms with van der Waals surface area (Å²) in [5.74, 6) is 0.106. The number of hydrogen-bond donors (Lipinski definition) is 1. The number of hydrogen-bond acceptors (Lipinski definition) is 7. The van der Waals surface area contributed by atoms with Crippen LogP contribution in [0.15, 0.2) is 66.0 Å². The van der Waals surface area contributed by atoms with Gasteiger partial charge in [-0.15, -0.1) is 5.10 Å². The zero-order chi connectivity index (χ0) is 23.0. The Morgan fingerprint density at radius 3 is 2.58 bits per heavy atom. The first-order chi connectivity index (χ1) is 16.2. The highest BCUT2D eigenvalue weighted by Gasteiger charge is 2.17. The Bertz CT molecular complexity index is 1260. The van der Waals surface area contributed by atoms with Crippen LogP contribution in [0.25, 0.3) is 11.4 Å². The summed E-state index contributed by atoms with van der Waals surface area (Å²) in [5.41, 5.74) is 3.13. The van der Waals surface area contributed by atoms with Crippen LogP contribution >= 0.6 is 11.8 Å². The first-order valence-corrected chi connectivity index (χ1v) is 11.5. The van der Waals surface area contributed by atoms with Gasteiger partial charge in [0.1, 0.15) is 11.6 Å². The first kappa shape index (κ1) is 22.2. The number of nitriles is 1. The van der Waals surface area contributed by atoms with E-state index in [1.165, 1.54) is 28.2 Å². The molecule has 166 valence electrons. The van der Waals surface area contributed by atoms with Crippen LogP contribution in [-0.2, 0) is 11.2 Å². The Balaban J connectivity index is 1.44. The largest absolute Gasteiger partial charge is 0.309 e. The van der Waals surface area contributed by atoms with E-state index in [0.717, 1.165) is 30.6 Å². The van der Waals surface area contributed by atoms with Gasteiger partial charge in [-0.05, 0) is 53.1 Å². The fraction of sp³-hybridized carbons (Fsp3) is 0.217. The summed E-state index contributed by atoms with van der Waals surface area (Å²) in [6, 6.07) is 19.5. The highest BCUT2D eigenvalue weighted by Crippen LogP contribution is 2.22. The Morgan fingerprint density at radius 2 is 1.85 bits per heavy atom. The van der Waals surface area contributed by atoms with Gasteiger partial charge in [-0.1, -0.05) is 55.4 Å². The second kappa shape index (κ2) is 10.6. The molecule has 9 nitrogen and oxygen atoms in total. The number of tetrazole rings is 1. The smallest absolute Gasteiger partial charge is 0.236 e. The number of thioether (sulfide) groups is 1. The molecule has 2 heterocycles. The van der Waals surface area contributed by atoms with Crippen molar-refractivity contribution in [3.8, 4) is 17.4 Å². The average molecular weight is 459 g/mol. The van der Waals surface area contributed by atoms with E-state index in [0.29, 0.717) is 11.0 Å². The monoisotopic (exact) mass is 458 g/mol. The fourth-order valence-electron chi connectivity index (χ4n) is 3.23. The second-order valence-electron chi connectivity index (χ2n) is 7.25. The number of nitrogens with zero attached hydrogens (tertiary/aromatic N) is 7. The first-order valence-electron chi connectivity index (χ1n) is 10.5. The van der Waals surface area contributed by atoms with Crippen molar-refractivity contribution >= 4 is 23.5 Å². The van der Waals surface area contributed by atoms with Crippen LogP contribution in [0.5, 0.6) is 0 Å². The lowest BCUT2D eigenvalue weighted by molar-refractivity contribution is -0.113. The minimum Gasteiger partial charge on any atom is -0.309 e. The second-order valence-corrected chi connectivity index (χ2v) is 8.19. The molecule has 0 aliphatic carbocycles. The topological polar surface area (TPSA) is 114 Å². The number of nitrogens with one attached hydrogen (secondary N) is 1. The lowest BCUT2D eigenvalue weighted by Gasteiger charge is -2.09. The average Bonchev–Trinajstić information content (AvgIpc) is 3.49. The molecule has 0 aliphatic rings. The summed E-state index contributed by atoms with van der Waals surface area (Å²) in [4.78, 5) is 12.7. The number of aromatic nitrogens is 6. The van der Waals surface area contributed by atoms with E-state index < -0.39 is 0 Å². The number of unbranched alkanes of at least 4 members (excludes halogenated alkanes) is 1. The van der Waals surface area contributed by atoms with Crippen LogP contribution in [-0.4, -0.2) is 41.6 Å². The number of rotatable bonds is 9. The van der Waals surface area contributed by atoms with Crippen molar-refractivity contribution in [2.75, 3.05) is 11.1 Å². The number of amides is 1. The van der Waals surface area contributed by atoms with E-state index in [2.05, 4.69) is 51.1 Å². The van der Waals surface area contributed by atoms with Gasteiger partial charge in [-0.2, -0.15) is 15.0 Å². The predicted molar refractivity (Wildman–Crippen MR) is 125 cm³/mol. The van der Waals surface area contributed by atoms with E-state index in [1.54, 1.807) is 4.68 Å². The maximum absolute atomic E-state index is 12.7. The molecule has 0 aliphatic heterocycles. The van der Waals surface area contributed by atoms with Gasteiger partial charge in [-0.25, -0.2) is 4.68 Å². The highest BCUT2D eigenvalue weighted by molar-refractivity contribution is 7.99. The Labute approximate surface area is 195 Å². The molecule has 2 aromatic heterocycles. The third-order valence-corrected chi connectivity index (χ3v) is 5.84. The zero-order valence-electron chi connectivity index (χ0n) is 18.0. The minimum atomic E-state index is -0.293. The van der Waals surface area contributed by atoms with Gasteiger partial charge >= 0.3 is 0 Å². The molecule has 0 radical (unpaired) electrons. The molecular formula is C23H22N8OS. The van der Waals surface area contributed by atoms with Crippen molar-refractivity contribution in [1.29, 1.82) is 5.26 Å². The molecule has 4 aromatic rings. The van der Waals surface area contributed by atoms with Crippen molar-refractivity contribution in [1.82, 2.24) is 30.0 Å². The molecule has 0 atom stereocenters. The SMILES string of the molecule is CCCCc1ccc(-n2nnnc2SCC(=O)Nc2c(C#N)cnn2-c2ccccc2)cc1. The van der Waals surface area contributed by atoms with Gasteiger partial charge in [0, 0.05) is 0 Å². The number of para-hydroxylation sites is 1. The molecule has 0 unspecified atom stereocenters. The van der Waals surface area contributed by atoms with E-state index in [4.69, 9.17) is 0 Å². The van der Waals surface area contributed by atoms with Crippen molar-refractivity contribution in [3.63, 3.8) is 0 Å². The van der Waals surface area contributed by atoms with Gasteiger partial charge in [0.2, 0.25) is 11.1 Å². The van der Waals surface area contributed by atoms with Crippen molar-refractivity contribution in [2.45, 2.75) is 31.3 Å². The fourth-order valence-corrected chi connectivity index (χ4v) is 3.92. The molecule has 0 saturated heterocycles. The van der Waals surface area contributed by atoms with Gasteiger partial charge in [0.25, 0.3) is 0 Å². The molecule has 2 aromatic carbocycles. The summed E-state index contributed by atoms with van der Waals surface area (Å²) in [6.45, 7) is 2.17. The summed E-state index contributed by atoms with van der Waals surface area (Å²) < 4.78 is 3.14. The number of aryl methyl sites for hydroxylation is 1. The lowest BCUT2D eigenvalue weighted by Crippen LogP contribution is -2.18. The van der Waals surface area contributed by atoms with Crippen LogP contribution < -0.4 is 5.32 Å². The number of carbonyl (C=O) groups is 1. The highest BCUT2D eigenvalue weighted by atomic mass is 32.2. The Morgan fingerprint density at radius 1 is 1.09 bits per heavy atom. The van der Waals surface area contributed by atoms with E-state index in [9.17, 15) is 10.1 Å². The lowest BCUT2D eigenvalue weighted by atomic mass is 10.1. The molecule has 0 saturated carbocycles. The molecule has 10 heteroatoms. The number of carbonyl (C=O) groups excluding carboxylic acids is 1. The van der Waals surface area contributed by atoms with E-state index in [-0.39, 0.29) is 17.2 Å². The molecule has 4 rings (SSSR count). The van der Waals surface area contributed by atoms with Gasteiger partial charge in [0.05, 0.1) is 23.3 Å². The van der Waals surface area contributed by atoms with Gasteiger partial charge in [-0.3, -0.25) is 4.79 Å². The summed E-state index contributed by atoms with van der Waals surface area (Å²) in [7, 11) is 0. The molecular weight excluding hydrogens is 436 g/mol. The minimum absolute atomic E-state index is 0.0692. The molecule has 0 fully saturated rings. The van der Waals surface area contributed by atoms with E-state index >= 15 is 0 Å². The standard InChI is InChI=1S/C23H22N8OS/c1-2-3-7-17-10-12-20(13-11-17)31-23(27-28-29-31)33-16-21(32)26-22-18(14-24)15-25-30(22)19-8-5-4-6-9-19/h4-6,8-13,15H,2-3,7,16H2,1H3,(H,26,32). The third kappa shape index (κ3) is 5.27. The van der Waals surface area contributed by atoms with Crippen LogP contribution in [0.2, 0.25) is 0 Å². The van der Waals surface area contributed by atoms with Crippen LogP contribution in [0, 0.1) is 11.3 Å². The molecule has 1 N–H and O–H groups in total. The molecule has 33 heavy (non-hydrogen) atoms. The summed E-state index contributed by atoms with van der Waals surface area (Å²) in [6.07, 6.45) is 4.77. The maximum Gasteiger partial charge on any atom is 0.236 e. The zero-order valence-corrected chi connectivity index (χ0v) is 18.9. The van der Waals surface area contributed by atoms with Crippen LogP contribution in [0.4, 0.5) is 5.82 Å². The maximum atomic E-state index is 12.7. The van der Waals surface area contributed by atoms with Crippen molar-refractivity contribution in [3.05, 3.63) is 71.9 Å². The molecule has 0 bridgehead atoms. The van der Waals surface area contributed by atoms with Crippen molar-refractivity contribution < 1.29 is 4.79 Å². The van der Waals surface area contributed by atoms with Gasteiger partial charge < -0.3 is 5.32 Å². The summed E-state index contributed by atoms with van der Waals surface area (Å²) in [5, 5.41) is 28.8. The van der Waals surface area contributed by atoms with Gasteiger partial charge in [0.15, 0.2) is 5.82 Å². The Hall–Kier alpha value is -3.97. The molecule has 0 spiro atoms. The summed E-state index contributed by atoms with van der Waals surface area (Å²) >= 11 is 1.21. The van der Waals surface area contributed by atoms with E-state index in [1.807, 2.05) is 42.5 Å². The third-order valence-electron chi connectivity index (χ3n) is 4.92. The van der Waals surface area contributed by atoms with Crippen molar-refractivity contribution in [2.24, 2.45) is 0 Å². The Kier molecular flexibility index (Phi) is 7.12. The van der Waals surface area contributed by atoms with Crippen LogP contribution in [0.1, 0.15) is 30.9 Å². The molecule has 1 amide bonds. The normalized spacial score (nSPS) is 10.7. The predicted octanol–water partition coefficient (Wildman–Crippen LogP) is 3.79. The number of benzene rings is 2. The van der Waals surface area contributed by atoms with Crippen LogP contribution in [0.3, 0.4) is 0 Å².